The van der Waals surface area contributed by atoms with Gasteiger partial charge in [0, 0.05) is 19.3 Å². The van der Waals surface area contributed by atoms with E-state index in [-0.39, 0.29) is 28.9 Å². The van der Waals surface area contributed by atoms with E-state index in [1.807, 2.05) is 6.07 Å². The number of rotatable bonds is 8. The van der Waals surface area contributed by atoms with Gasteiger partial charge in [0.05, 0.1) is 0 Å². The number of hydrogen-bond donors (Lipinski definition) is 0. The summed E-state index contributed by atoms with van der Waals surface area (Å²) in [6.07, 6.45) is 13.1. The zero-order chi connectivity index (χ0) is 24.5. The fraction of sp³-hybridized carbons (Fsp3) is 0.733. The van der Waals surface area contributed by atoms with Crippen molar-refractivity contribution in [2.75, 3.05) is 0 Å². The summed E-state index contributed by atoms with van der Waals surface area (Å²) in [7, 11) is 0. The molecule has 0 aromatic heterocycles. The van der Waals surface area contributed by atoms with Crippen LogP contribution in [0.5, 0.6) is 5.75 Å². The van der Waals surface area contributed by atoms with Crippen molar-refractivity contribution in [3.05, 3.63) is 29.3 Å². The van der Waals surface area contributed by atoms with Gasteiger partial charge < -0.3 is 9.47 Å². The number of carbonyl (C=O) groups excluding carboxylic acids is 2. The van der Waals surface area contributed by atoms with Crippen molar-refractivity contribution >= 4 is 11.9 Å². The summed E-state index contributed by atoms with van der Waals surface area (Å²) in [6.45, 7) is 10.1. The number of benzene rings is 1. The molecular weight excluding hydrogens is 424 g/mol. The highest BCUT2D eigenvalue weighted by molar-refractivity contribution is 5.69. The number of hydrogen-bond acceptors (Lipinski definition) is 4. The molecule has 2 fully saturated rings. The van der Waals surface area contributed by atoms with Crippen LogP contribution in [0.4, 0.5) is 0 Å². The van der Waals surface area contributed by atoms with Crippen molar-refractivity contribution in [3.63, 3.8) is 0 Å². The third kappa shape index (κ3) is 4.42. The zero-order valence-corrected chi connectivity index (χ0v) is 22.0. The molecule has 0 saturated heterocycles. The first kappa shape index (κ1) is 25.3. The molecule has 3 aliphatic carbocycles. The van der Waals surface area contributed by atoms with Crippen molar-refractivity contribution in [3.8, 4) is 5.75 Å². The maximum atomic E-state index is 12.0. The molecule has 34 heavy (non-hydrogen) atoms. The van der Waals surface area contributed by atoms with Crippen LogP contribution in [-0.4, -0.2) is 18.0 Å². The first-order chi connectivity index (χ1) is 16.2. The predicted molar refractivity (Wildman–Crippen MR) is 135 cm³/mol. The second kappa shape index (κ2) is 10.0. The molecule has 0 N–H and O–H groups in total. The van der Waals surface area contributed by atoms with Crippen LogP contribution in [0.2, 0.25) is 0 Å². The summed E-state index contributed by atoms with van der Waals surface area (Å²) < 4.78 is 11.4. The Kier molecular flexibility index (Phi) is 7.45. The molecule has 4 heteroatoms. The lowest BCUT2D eigenvalue weighted by Crippen LogP contribution is -2.55. The minimum absolute atomic E-state index is 0.0465. The maximum absolute atomic E-state index is 12.0. The number of ether oxygens (including phenoxy) is 2. The van der Waals surface area contributed by atoms with Gasteiger partial charge in [-0.15, -0.1) is 0 Å². The summed E-state index contributed by atoms with van der Waals surface area (Å²) in [5.74, 6) is 1.98. The van der Waals surface area contributed by atoms with Gasteiger partial charge in [-0.05, 0) is 91.4 Å². The smallest absolute Gasteiger partial charge is 0.308 e. The largest absolute Gasteiger partial charge is 0.462 e. The Morgan fingerprint density at radius 2 is 1.85 bits per heavy atom. The second-order valence-corrected chi connectivity index (χ2v) is 11.6. The average molecular weight is 469 g/mol. The van der Waals surface area contributed by atoms with Crippen LogP contribution in [0.25, 0.3) is 0 Å². The van der Waals surface area contributed by atoms with Crippen molar-refractivity contribution in [2.45, 2.75) is 117 Å². The third-order valence-electron chi connectivity index (χ3n) is 9.70. The maximum Gasteiger partial charge on any atom is 0.308 e. The lowest BCUT2D eigenvalue weighted by atomic mass is 9.43. The Hall–Kier alpha value is -1.84. The Balaban J connectivity index is 1.74. The van der Waals surface area contributed by atoms with Gasteiger partial charge >= 0.3 is 11.9 Å². The molecule has 0 heterocycles. The van der Waals surface area contributed by atoms with Crippen LogP contribution in [-0.2, 0) is 20.7 Å². The Morgan fingerprint density at radius 3 is 2.53 bits per heavy atom. The molecule has 2 unspecified atom stereocenters. The van der Waals surface area contributed by atoms with Gasteiger partial charge in [-0.2, -0.15) is 0 Å². The average Bonchev–Trinajstić information content (AvgIpc) is 3.11. The van der Waals surface area contributed by atoms with E-state index in [1.54, 1.807) is 6.92 Å². The summed E-state index contributed by atoms with van der Waals surface area (Å²) in [5.41, 5.74) is 3.16. The first-order valence-electron chi connectivity index (χ1n) is 13.7. The van der Waals surface area contributed by atoms with Crippen LogP contribution >= 0.6 is 0 Å². The van der Waals surface area contributed by atoms with E-state index in [0.717, 1.165) is 25.7 Å². The van der Waals surface area contributed by atoms with Gasteiger partial charge in [-0.1, -0.05) is 52.5 Å². The molecule has 2 saturated carbocycles. The summed E-state index contributed by atoms with van der Waals surface area (Å²) in [4.78, 5) is 23.5. The lowest BCUT2D eigenvalue weighted by Gasteiger charge is -2.61. The highest BCUT2D eigenvalue weighted by Gasteiger charge is 2.64. The van der Waals surface area contributed by atoms with Gasteiger partial charge in [0.15, 0.2) is 0 Å². The minimum Gasteiger partial charge on any atom is -0.462 e. The Labute approximate surface area is 206 Å². The number of carbonyl (C=O) groups is 2. The SMILES string of the molecule is CCCCCC[C@H]1C[C@@]2(C)C(CC[C@@H]2OC(C)=O)[C@]2(CC)CCc3cc(OC(C)=O)ccc3C12. The topological polar surface area (TPSA) is 52.6 Å². The molecule has 4 nitrogen and oxygen atoms in total. The highest BCUT2D eigenvalue weighted by Crippen LogP contribution is 2.70. The molecule has 0 amide bonds. The van der Waals surface area contributed by atoms with E-state index in [9.17, 15) is 9.59 Å². The molecule has 0 aliphatic heterocycles. The third-order valence-corrected chi connectivity index (χ3v) is 9.70. The number of unbranched alkanes of at least 4 members (excludes halogenated alkanes) is 3. The fourth-order valence-electron chi connectivity index (χ4n) is 8.52. The Bertz CT molecular complexity index is 907. The van der Waals surface area contributed by atoms with Gasteiger partial charge in [0.1, 0.15) is 11.9 Å². The van der Waals surface area contributed by atoms with Crippen LogP contribution in [0.3, 0.4) is 0 Å². The summed E-state index contributed by atoms with van der Waals surface area (Å²) in [6, 6.07) is 6.39. The fourth-order valence-corrected chi connectivity index (χ4v) is 8.52. The summed E-state index contributed by atoms with van der Waals surface area (Å²) >= 11 is 0. The molecule has 6 atom stereocenters. The van der Waals surface area contributed by atoms with E-state index in [1.165, 1.54) is 63.0 Å². The van der Waals surface area contributed by atoms with Gasteiger partial charge in [-0.25, -0.2) is 0 Å². The Morgan fingerprint density at radius 1 is 1.06 bits per heavy atom. The van der Waals surface area contributed by atoms with Crippen molar-refractivity contribution in [1.29, 1.82) is 0 Å². The van der Waals surface area contributed by atoms with Crippen LogP contribution in [0.1, 0.15) is 116 Å². The molecule has 188 valence electrons. The van der Waals surface area contributed by atoms with Crippen molar-refractivity contribution in [2.24, 2.45) is 22.7 Å². The minimum atomic E-state index is -0.261. The second-order valence-electron chi connectivity index (χ2n) is 11.6. The summed E-state index contributed by atoms with van der Waals surface area (Å²) in [5, 5.41) is 0. The first-order valence-corrected chi connectivity index (χ1v) is 13.7. The highest BCUT2D eigenvalue weighted by atomic mass is 16.5. The molecule has 1 aromatic rings. The molecule has 0 spiro atoms. The quantitative estimate of drug-likeness (QED) is 0.227. The van der Waals surface area contributed by atoms with Crippen LogP contribution < -0.4 is 4.74 Å². The normalized spacial score (nSPS) is 34.0. The van der Waals surface area contributed by atoms with Crippen molar-refractivity contribution < 1.29 is 19.1 Å². The van der Waals surface area contributed by atoms with Crippen LogP contribution in [0, 0.1) is 22.7 Å². The molecule has 1 aromatic carbocycles. The predicted octanol–water partition coefficient (Wildman–Crippen LogP) is 7.38. The number of aryl methyl sites for hydroxylation is 1. The standard InChI is InChI=1S/C30H44O4/c1-6-8-9-10-11-23-19-29(5)26(14-15-27(29)34-21(4)32)30(7-2)17-16-22-18-24(33-20(3)31)12-13-25(22)28(23)30/h12-13,18,23,26-28H,6-11,14-17,19H2,1-5H3/t23-,26?,27-,28?,29-,30-/m0/s1. The monoisotopic (exact) mass is 468 g/mol. The number of esters is 2. The van der Waals surface area contributed by atoms with E-state index >= 15 is 0 Å². The van der Waals surface area contributed by atoms with Crippen LogP contribution in [0.15, 0.2) is 18.2 Å². The van der Waals surface area contributed by atoms with E-state index in [0.29, 0.717) is 23.5 Å². The van der Waals surface area contributed by atoms with E-state index in [4.69, 9.17) is 9.47 Å². The molecule has 4 rings (SSSR count). The van der Waals surface area contributed by atoms with E-state index in [2.05, 4.69) is 32.9 Å². The van der Waals surface area contributed by atoms with Gasteiger partial charge in [0.2, 0.25) is 0 Å². The molecule has 3 aliphatic rings. The van der Waals surface area contributed by atoms with E-state index < -0.39 is 0 Å². The van der Waals surface area contributed by atoms with Crippen molar-refractivity contribution in [1.82, 2.24) is 0 Å². The lowest BCUT2D eigenvalue weighted by molar-refractivity contribution is -0.162. The molecule has 0 bridgehead atoms. The zero-order valence-electron chi connectivity index (χ0n) is 22.0. The van der Waals surface area contributed by atoms with Gasteiger partial charge in [-0.3, -0.25) is 9.59 Å². The number of fused-ring (bicyclic) bond motifs is 5. The van der Waals surface area contributed by atoms with Gasteiger partial charge in [0.25, 0.3) is 0 Å². The molecular formula is C30H44O4. The molecule has 0 radical (unpaired) electrons.